The lowest BCUT2D eigenvalue weighted by Crippen LogP contribution is -2.51. The molecule has 0 aromatic carbocycles. The predicted molar refractivity (Wildman–Crippen MR) is 79.5 cm³/mol. The standard InChI is InChI=1S/C13H22N6O2/c1-13(2,20)9-18-5-7-19(8-6-18)12-15-4-3-10(16-12)11(14)17-21/h3-4,20-21H,5-9H2,1-2H3,(H2,14,17). The average Bonchev–Trinajstić information content (AvgIpc) is 2.45. The van der Waals surface area contributed by atoms with E-state index in [2.05, 4.69) is 24.9 Å². The number of aromatic nitrogens is 2. The minimum Gasteiger partial charge on any atom is -0.409 e. The molecule has 2 rings (SSSR count). The van der Waals surface area contributed by atoms with Gasteiger partial charge in [-0.25, -0.2) is 9.97 Å². The van der Waals surface area contributed by atoms with Crippen LogP contribution in [0.2, 0.25) is 0 Å². The molecule has 1 saturated heterocycles. The molecule has 0 amide bonds. The van der Waals surface area contributed by atoms with Crippen LogP contribution in [0.25, 0.3) is 0 Å². The molecule has 116 valence electrons. The summed E-state index contributed by atoms with van der Waals surface area (Å²) in [6.45, 7) is 7.48. The molecule has 0 aliphatic carbocycles. The molecule has 1 aromatic rings. The van der Waals surface area contributed by atoms with Gasteiger partial charge in [0, 0.05) is 38.9 Å². The van der Waals surface area contributed by atoms with Crippen molar-refractivity contribution < 1.29 is 10.3 Å². The van der Waals surface area contributed by atoms with Crippen molar-refractivity contribution in [1.29, 1.82) is 0 Å². The van der Waals surface area contributed by atoms with Crippen LogP contribution < -0.4 is 10.6 Å². The number of β-amino-alcohol motifs (C(OH)–C–C–N with tert-alkyl or cyclic N) is 1. The second kappa shape index (κ2) is 6.23. The largest absolute Gasteiger partial charge is 0.409 e. The Morgan fingerprint density at radius 3 is 2.62 bits per heavy atom. The lowest BCUT2D eigenvalue weighted by Gasteiger charge is -2.37. The lowest BCUT2D eigenvalue weighted by molar-refractivity contribution is 0.0344. The number of anilines is 1. The predicted octanol–water partition coefficient (Wildman–Crippen LogP) is -0.536. The van der Waals surface area contributed by atoms with E-state index in [0.717, 1.165) is 26.2 Å². The van der Waals surface area contributed by atoms with Crippen molar-refractivity contribution in [3.05, 3.63) is 18.0 Å². The first-order chi connectivity index (χ1) is 9.89. The molecule has 21 heavy (non-hydrogen) atoms. The maximum absolute atomic E-state index is 9.85. The highest BCUT2D eigenvalue weighted by Gasteiger charge is 2.24. The van der Waals surface area contributed by atoms with Crippen molar-refractivity contribution >= 4 is 11.8 Å². The normalized spacial score (nSPS) is 18.0. The Balaban J connectivity index is 1.99. The van der Waals surface area contributed by atoms with Crippen LogP contribution in [0.4, 0.5) is 5.95 Å². The van der Waals surface area contributed by atoms with Crippen molar-refractivity contribution in [3.8, 4) is 0 Å². The molecule has 1 aliphatic heterocycles. The summed E-state index contributed by atoms with van der Waals surface area (Å²) >= 11 is 0. The first-order valence-corrected chi connectivity index (χ1v) is 6.90. The minimum atomic E-state index is -0.690. The minimum absolute atomic E-state index is 0.0284. The molecule has 0 spiro atoms. The van der Waals surface area contributed by atoms with Crippen LogP contribution in [0.15, 0.2) is 17.4 Å². The zero-order valence-electron chi connectivity index (χ0n) is 12.4. The fourth-order valence-electron chi connectivity index (χ4n) is 2.35. The van der Waals surface area contributed by atoms with Gasteiger partial charge < -0.3 is 20.9 Å². The zero-order chi connectivity index (χ0) is 15.5. The molecule has 4 N–H and O–H groups in total. The number of piperazine rings is 1. The van der Waals surface area contributed by atoms with E-state index in [0.29, 0.717) is 18.2 Å². The molecule has 2 heterocycles. The SMILES string of the molecule is CC(C)(O)CN1CCN(c2nccc(/C(N)=N/O)n2)CC1. The van der Waals surface area contributed by atoms with Crippen molar-refractivity contribution in [2.75, 3.05) is 37.6 Å². The van der Waals surface area contributed by atoms with Crippen LogP contribution in [-0.2, 0) is 0 Å². The first kappa shape index (κ1) is 15.5. The third-order valence-corrected chi connectivity index (χ3v) is 3.28. The van der Waals surface area contributed by atoms with Gasteiger partial charge in [-0.2, -0.15) is 0 Å². The second-order valence-electron chi connectivity index (χ2n) is 5.80. The van der Waals surface area contributed by atoms with Gasteiger partial charge in [0.15, 0.2) is 5.84 Å². The molecule has 0 radical (unpaired) electrons. The summed E-state index contributed by atoms with van der Waals surface area (Å²) in [5.41, 5.74) is 5.25. The molecule has 1 fully saturated rings. The molecular weight excluding hydrogens is 272 g/mol. The smallest absolute Gasteiger partial charge is 0.226 e. The summed E-state index contributed by atoms with van der Waals surface area (Å²) < 4.78 is 0. The maximum atomic E-state index is 9.85. The number of amidine groups is 1. The molecule has 1 aromatic heterocycles. The van der Waals surface area contributed by atoms with Gasteiger partial charge in [-0.1, -0.05) is 5.16 Å². The van der Waals surface area contributed by atoms with Crippen molar-refractivity contribution in [1.82, 2.24) is 14.9 Å². The third kappa shape index (κ3) is 4.27. The summed E-state index contributed by atoms with van der Waals surface area (Å²) in [6, 6.07) is 1.60. The van der Waals surface area contributed by atoms with Gasteiger partial charge in [0.2, 0.25) is 5.95 Å². The van der Waals surface area contributed by atoms with E-state index < -0.39 is 5.60 Å². The summed E-state index contributed by atoms with van der Waals surface area (Å²) in [4.78, 5) is 12.8. The molecule has 0 atom stereocenters. The van der Waals surface area contributed by atoms with Crippen molar-refractivity contribution in [2.45, 2.75) is 19.4 Å². The van der Waals surface area contributed by atoms with Gasteiger partial charge in [0.05, 0.1) is 5.60 Å². The summed E-state index contributed by atoms with van der Waals surface area (Å²) in [5.74, 6) is 0.543. The van der Waals surface area contributed by atoms with Gasteiger partial charge in [0.1, 0.15) is 5.69 Å². The summed E-state index contributed by atoms with van der Waals surface area (Å²) in [6.07, 6.45) is 1.60. The van der Waals surface area contributed by atoms with E-state index in [1.165, 1.54) is 0 Å². The fourth-order valence-corrected chi connectivity index (χ4v) is 2.35. The molecule has 0 saturated carbocycles. The third-order valence-electron chi connectivity index (χ3n) is 3.28. The van der Waals surface area contributed by atoms with Crippen LogP contribution >= 0.6 is 0 Å². The Kier molecular flexibility index (Phi) is 4.59. The van der Waals surface area contributed by atoms with Crippen LogP contribution in [0.3, 0.4) is 0 Å². The van der Waals surface area contributed by atoms with E-state index in [4.69, 9.17) is 10.9 Å². The van der Waals surface area contributed by atoms with Gasteiger partial charge in [-0.05, 0) is 19.9 Å². The monoisotopic (exact) mass is 294 g/mol. The lowest BCUT2D eigenvalue weighted by atomic mass is 10.1. The van der Waals surface area contributed by atoms with Crippen LogP contribution in [0.1, 0.15) is 19.5 Å². The summed E-state index contributed by atoms with van der Waals surface area (Å²) in [5, 5.41) is 21.5. The topological polar surface area (TPSA) is 111 Å². The molecule has 8 nitrogen and oxygen atoms in total. The Bertz CT molecular complexity index is 506. The van der Waals surface area contributed by atoms with E-state index in [-0.39, 0.29) is 5.84 Å². The number of hydrogen-bond donors (Lipinski definition) is 3. The van der Waals surface area contributed by atoms with E-state index >= 15 is 0 Å². The highest BCUT2D eigenvalue weighted by atomic mass is 16.4. The second-order valence-corrected chi connectivity index (χ2v) is 5.80. The van der Waals surface area contributed by atoms with Crippen LogP contribution in [0, 0.1) is 0 Å². The van der Waals surface area contributed by atoms with Gasteiger partial charge in [-0.3, -0.25) is 4.90 Å². The number of hydrogen-bond acceptors (Lipinski definition) is 7. The summed E-state index contributed by atoms with van der Waals surface area (Å²) in [7, 11) is 0. The first-order valence-electron chi connectivity index (χ1n) is 6.90. The Morgan fingerprint density at radius 2 is 2.05 bits per heavy atom. The van der Waals surface area contributed by atoms with Crippen molar-refractivity contribution in [3.63, 3.8) is 0 Å². The van der Waals surface area contributed by atoms with Gasteiger partial charge >= 0.3 is 0 Å². The van der Waals surface area contributed by atoms with E-state index in [9.17, 15) is 5.11 Å². The van der Waals surface area contributed by atoms with E-state index in [1.54, 1.807) is 12.3 Å². The van der Waals surface area contributed by atoms with E-state index in [1.807, 2.05) is 13.8 Å². The number of nitrogens with zero attached hydrogens (tertiary/aromatic N) is 5. The molecule has 1 aliphatic rings. The molecule has 0 bridgehead atoms. The highest BCUT2D eigenvalue weighted by Crippen LogP contribution is 2.13. The molecule has 8 heteroatoms. The number of nitrogens with two attached hydrogens (primary N) is 1. The Hall–Kier alpha value is -1.93. The Morgan fingerprint density at radius 1 is 1.38 bits per heavy atom. The molecule has 0 unspecified atom stereocenters. The fraction of sp³-hybridized carbons (Fsp3) is 0.615. The molecular formula is C13H22N6O2. The Labute approximate surface area is 123 Å². The number of oxime groups is 1. The van der Waals surface area contributed by atoms with Gasteiger partial charge in [-0.15, -0.1) is 0 Å². The van der Waals surface area contributed by atoms with Crippen LogP contribution in [0.5, 0.6) is 0 Å². The average molecular weight is 294 g/mol. The van der Waals surface area contributed by atoms with Gasteiger partial charge in [0.25, 0.3) is 0 Å². The number of aliphatic hydroxyl groups is 1. The highest BCUT2D eigenvalue weighted by molar-refractivity contribution is 5.95. The number of rotatable bonds is 4. The zero-order valence-corrected chi connectivity index (χ0v) is 12.4. The maximum Gasteiger partial charge on any atom is 0.226 e. The quantitative estimate of drug-likeness (QED) is 0.296. The van der Waals surface area contributed by atoms with Crippen LogP contribution in [-0.4, -0.2) is 69.3 Å². The van der Waals surface area contributed by atoms with Crippen molar-refractivity contribution in [2.24, 2.45) is 10.9 Å².